The first-order chi connectivity index (χ1) is 4.22. The number of nitrogens with two attached hydrogens (primary N) is 1. The molecule has 1 nitrogen and oxygen atoms in total. The standard InChI is InChI=1S/C6H7NS2.ClH/c7-4-2-1-3-5(8)6(4)9;/h1,3,9H,2,7H2;1H. The van der Waals surface area contributed by atoms with Crippen LogP contribution in [0, 0.1) is 0 Å². The summed E-state index contributed by atoms with van der Waals surface area (Å²) in [6.45, 7) is 0. The van der Waals surface area contributed by atoms with Gasteiger partial charge in [-0.2, -0.15) is 0 Å². The zero-order valence-electron chi connectivity index (χ0n) is 5.20. The summed E-state index contributed by atoms with van der Waals surface area (Å²) in [5.74, 6) is 0. The second kappa shape index (κ2) is 4.01. The van der Waals surface area contributed by atoms with E-state index in [9.17, 15) is 0 Å². The highest BCUT2D eigenvalue weighted by molar-refractivity contribution is 7.90. The van der Waals surface area contributed by atoms with Gasteiger partial charge in [-0.15, -0.1) is 25.0 Å². The van der Waals surface area contributed by atoms with Gasteiger partial charge in [0.25, 0.3) is 0 Å². The van der Waals surface area contributed by atoms with Crippen LogP contribution in [-0.2, 0) is 0 Å². The van der Waals surface area contributed by atoms with Crippen molar-refractivity contribution in [1.29, 1.82) is 0 Å². The largest absolute Gasteiger partial charge is 0.401 e. The number of hydrogen-bond acceptors (Lipinski definition) is 3. The first kappa shape index (κ1) is 10.0. The van der Waals surface area contributed by atoms with E-state index in [0.29, 0.717) is 0 Å². The molecule has 0 aromatic heterocycles. The fourth-order valence-corrected chi connectivity index (χ4v) is 1.02. The fourth-order valence-electron chi connectivity index (χ4n) is 0.627. The van der Waals surface area contributed by atoms with E-state index in [-0.39, 0.29) is 12.4 Å². The minimum absolute atomic E-state index is 0. The van der Waals surface area contributed by atoms with Crippen molar-refractivity contribution in [1.82, 2.24) is 0 Å². The first-order valence-electron chi connectivity index (χ1n) is 2.60. The lowest BCUT2D eigenvalue weighted by Crippen LogP contribution is -2.07. The molecule has 0 saturated carbocycles. The summed E-state index contributed by atoms with van der Waals surface area (Å²) in [6, 6.07) is 0. The quantitative estimate of drug-likeness (QED) is 0.454. The molecule has 0 fully saturated rings. The first-order valence-corrected chi connectivity index (χ1v) is 3.46. The average Bonchev–Trinajstić information content (AvgIpc) is 1.83. The molecule has 0 bridgehead atoms. The van der Waals surface area contributed by atoms with Gasteiger partial charge in [-0.25, -0.2) is 0 Å². The summed E-state index contributed by atoms with van der Waals surface area (Å²) in [7, 11) is 0. The minimum atomic E-state index is 0. The van der Waals surface area contributed by atoms with Crippen molar-refractivity contribution in [2.24, 2.45) is 5.73 Å². The molecule has 56 valence electrons. The lowest BCUT2D eigenvalue weighted by molar-refractivity contribution is 1.16. The number of hydrogen-bond donors (Lipinski definition) is 2. The van der Waals surface area contributed by atoms with Crippen molar-refractivity contribution in [3.63, 3.8) is 0 Å². The molecule has 0 amide bonds. The van der Waals surface area contributed by atoms with E-state index in [1.54, 1.807) is 0 Å². The minimum Gasteiger partial charge on any atom is -0.401 e. The molecule has 0 atom stereocenters. The number of rotatable bonds is 0. The Morgan fingerprint density at radius 1 is 1.60 bits per heavy atom. The van der Waals surface area contributed by atoms with Gasteiger partial charge < -0.3 is 5.73 Å². The number of thiol groups is 1. The Hall–Kier alpha value is 0.01000. The molecule has 0 unspecified atom stereocenters. The maximum absolute atomic E-state index is 5.53. The van der Waals surface area contributed by atoms with Crippen LogP contribution in [0.2, 0.25) is 0 Å². The van der Waals surface area contributed by atoms with Gasteiger partial charge in [0.15, 0.2) is 0 Å². The van der Waals surface area contributed by atoms with Gasteiger partial charge in [-0.05, 0) is 6.08 Å². The Kier molecular flexibility index (Phi) is 4.01. The van der Waals surface area contributed by atoms with Crippen molar-refractivity contribution in [3.05, 3.63) is 22.8 Å². The maximum atomic E-state index is 5.53. The van der Waals surface area contributed by atoms with Crippen LogP contribution in [-0.4, -0.2) is 4.86 Å². The molecule has 0 aromatic carbocycles. The zero-order valence-corrected chi connectivity index (χ0v) is 7.73. The predicted molar refractivity (Wildman–Crippen MR) is 53.8 cm³/mol. The summed E-state index contributed by atoms with van der Waals surface area (Å²) in [4.78, 5) is 1.49. The molecule has 1 aliphatic carbocycles. The molecule has 1 aliphatic rings. The summed E-state index contributed by atoms with van der Waals surface area (Å²) >= 11 is 9.02. The normalized spacial score (nSPS) is 17.1. The van der Waals surface area contributed by atoms with E-state index in [4.69, 9.17) is 18.0 Å². The van der Waals surface area contributed by atoms with E-state index in [1.165, 1.54) is 0 Å². The van der Waals surface area contributed by atoms with Crippen LogP contribution in [0.25, 0.3) is 0 Å². The smallest absolute Gasteiger partial charge is 0.0524 e. The summed E-state index contributed by atoms with van der Waals surface area (Å²) in [5, 5.41) is 0. The number of thiocarbonyl (C=S) groups is 1. The SMILES string of the molecule is Cl.NC1=C(S)C(=S)C=CC1. The molecule has 0 aliphatic heterocycles. The molecule has 0 heterocycles. The Morgan fingerprint density at radius 3 is 2.60 bits per heavy atom. The van der Waals surface area contributed by atoms with E-state index in [2.05, 4.69) is 12.6 Å². The Bertz CT molecular complexity index is 208. The van der Waals surface area contributed by atoms with Gasteiger partial charge >= 0.3 is 0 Å². The van der Waals surface area contributed by atoms with Crippen molar-refractivity contribution < 1.29 is 0 Å². The Labute approximate surface area is 77.2 Å². The summed E-state index contributed by atoms with van der Waals surface area (Å²) in [5.41, 5.74) is 6.30. The average molecular weight is 194 g/mol. The molecule has 0 aromatic rings. The van der Waals surface area contributed by atoms with E-state index in [0.717, 1.165) is 21.9 Å². The maximum Gasteiger partial charge on any atom is 0.0524 e. The molecule has 10 heavy (non-hydrogen) atoms. The van der Waals surface area contributed by atoms with Gasteiger partial charge in [0.2, 0.25) is 0 Å². The summed E-state index contributed by atoms with van der Waals surface area (Å²) in [6.07, 6.45) is 4.57. The molecule has 1 rings (SSSR count). The third-order valence-electron chi connectivity index (χ3n) is 1.14. The third-order valence-corrected chi connectivity index (χ3v) is 2.16. The van der Waals surface area contributed by atoms with Crippen molar-refractivity contribution in [2.75, 3.05) is 0 Å². The number of allylic oxidation sites excluding steroid dienone is 3. The lowest BCUT2D eigenvalue weighted by Gasteiger charge is -2.07. The topological polar surface area (TPSA) is 26.0 Å². The second-order valence-electron chi connectivity index (χ2n) is 1.84. The van der Waals surface area contributed by atoms with Crippen LogP contribution < -0.4 is 5.73 Å². The van der Waals surface area contributed by atoms with Gasteiger partial charge in [-0.1, -0.05) is 18.3 Å². The zero-order chi connectivity index (χ0) is 6.85. The van der Waals surface area contributed by atoms with E-state index < -0.39 is 0 Å². The highest BCUT2D eigenvalue weighted by Crippen LogP contribution is 2.16. The molecule has 0 saturated heterocycles. The van der Waals surface area contributed by atoms with Crippen LogP contribution >= 0.6 is 37.3 Å². The van der Waals surface area contributed by atoms with Crippen LogP contribution in [0.1, 0.15) is 6.42 Å². The molecule has 2 N–H and O–H groups in total. The highest BCUT2D eigenvalue weighted by atomic mass is 35.5. The van der Waals surface area contributed by atoms with Gasteiger partial charge in [0.1, 0.15) is 0 Å². The molecule has 4 heteroatoms. The predicted octanol–water partition coefficient (Wildman–Crippen LogP) is 1.84. The molecule has 0 spiro atoms. The van der Waals surface area contributed by atoms with Gasteiger partial charge in [0.05, 0.1) is 4.86 Å². The summed E-state index contributed by atoms with van der Waals surface area (Å²) < 4.78 is 0. The molecular weight excluding hydrogens is 186 g/mol. The van der Waals surface area contributed by atoms with Crippen LogP contribution in [0.4, 0.5) is 0 Å². The molecule has 0 radical (unpaired) electrons. The fraction of sp³-hybridized carbons (Fsp3) is 0.167. The van der Waals surface area contributed by atoms with E-state index in [1.807, 2.05) is 12.2 Å². The van der Waals surface area contributed by atoms with Crippen molar-refractivity contribution in [2.45, 2.75) is 6.42 Å². The Balaban J connectivity index is 0.000000810. The van der Waals surface area contributed by atoms with Crippen molar-refractivity contribution >= 4 is 42.1 Å². The molecular formula is C6H8ClNS2. The van der Waals surface area contributed by atoms with Crippen molar-refractivity contribution in [3.8, 4) is 0 Å². The highest BCUT2D eigenvalue weighted by Gasteiger charge is 2.05. The third kappa shape index (κ3) is 2.01. The van der Waals surface area contributed by atoms with Crippen LogP contribution in [0.15, 0.2) is 22.8 Å². The van der Waals surface area contributed by atoms with Gasteiger partial charge in [-0.3, -0.25) is 0 Å². The Morgan fingerprint density at radius 2 is 2.20 bits per heavy atom. The van der Waals surface area contributed by atoms with E-state index >= 15 is 0 Å². The van der Waals surface area contributed by atoms with Crippen LogP contribution in [0.3, 0.4) is 0 Å². The monoisotopic (exact) mass is 193 g/mol. The lowest BCUT2D eigenvalue weighted by atomic mass is 10.1. The second-order valence-corrected chi connectivity index (χ2v) is 2.73. The number of halogens is 1. The van der Waals surface area contributed by atoms with Gasteiger partial charge in [0, 0.05) is 17.0 Å². The van der Waals surface area contributed by atoms with Crippen LogP contribution in [0.5, 0.6) is 0 Å².